The molecule has 1 amide bonds. The molecule has 4 nitrogen and oxygen atoms in total. The van der Waals surface area contributed by atoms with Crippen molar-refractivity contribution >= 4 is 5.91 Å². The van der Waals surface area contributed by atoms with Gasteiger partial charge in [0.1, 0.15) is 11.5 Å². The average Bonchev–Trinajstić information content (AvgIpc) is 3.52. The van der Waals surface area contributed by atoms with Crippen LogP contribution in [0.5, 0.6) is 11.5 Å². The molecule has 1 fully saturated rings. The van der Waals surface area contributed by atoms with Crippen LogP contribution in [0.2, 0.25) is 0 Å². The van der Waals surface area contributed by atoms with Gasteiger partial charge >= 0.3 is 0 Å². The van der Waals surface area contributed by atoms with Crippen LogP contribution in [-0.4, -0.2) is 25.7 Å². The summed E-state index contributed by atoms with van der Waals surface area (Å²) >= 11 is 0. The van der Waals surface area contributed by atoms with Crippen LogP contribution in [0, 0.1) is 5.92 Å². The number of carbonyl (C=O) groups excluding carboxylic acids is 1. The maximum atomic E-state index is 11.9. The molecule has 0 aliphatic heterocycles. The number of amides is 1. The number of hydrogen-bond donors (Lipinski definition) is 1. The Labute approximate surface area is 161 Å². The van der Waals surface area contributed by atoms with Crippen LogP contribution < -0.4 is 14.8 Å². The molecule has 0 bridgehead atoms. The molecule has 1 aliphatic carbocycles. The summed E-state index contributed by atoms with van der Waals surface area (Å²) in [7, 11) is 1.68. The Hall–Kier alpha value is -2.49. The summed E-state index contributed by atoms with van der Waals surface area (Å²) in [6.45, 7) is 4.85. The Kier molecular flexibility index (Phi) is 6.38. The monoisotopic (exact) mass is 367 g/mol. The summed E-state index contributed by atoms with van der Waals surface area (Å²) in [5.74, 6) is 2.09. The largest absolute Gasteiger partial charge is 0.496 e. The number of benzene rings is 2. The maximum absolute atomic E-state index is 11.9. The zero-order valence-electron chi connectivity index (χ0n) is 16.5. The molecular formula is C23H29NO3. The predicted molar refractivity (Wildman–Crippen MR) is 108 cm³/mol. The predicted octanol–water partition coefficient (Wildman–Crippen LogP) is 4.61. The van der Waals surface area contributed by atoms with Gasteiger partial charge in [0.15, 0.2) is 0 Å². The zero-order valence-corrected chi connectivity index (χ0v) is 16.5. The van der Waals surface area contributed by atoms with Gasteiger partial charge in [0.2, 0.25) is 5.91 Å². The lowest BCUT2D eigenvalue weighted by molar-refractivity contribution is -0.122. The van der Waals surface area contributed by atoms with Gasteiger partial charge < -0.3 is 14.8 Å². The van der Waals surface area contributed by atoms with Crippen LogP contribution in [0.25, 0.3) is 11.1 Å². The van der Waals surface area contributed by atoms with Gasteiger partial charge in [0.05, 0.1) is 13.7 Å². The highest BCUT2D eigenvalue weighted by atomic mass is 16.5. The van der Waals surface area contributed by atoms with Gasteiger partial charge in [-0.3, -0.25) is 4.79 Å². The molecular weight excluding hydrogens is 338 g/mol. The van der Waals surface area contributed by atoms with E-state index in [0.29, 0.717) is 6.61 Å². The van der Waals surface area contributed by atoms with E-state index < -0.39 is 0 Å². The first-order valence-corrected chi connectivity index (χ1v) is 9.81. The van der Waals surface area contributed by atoms with E-state index in [0.717, 1.165) is 48.3 Å². The van der Waals surface area contributed by atoms with Crippen molar-refractivity contribution in [1.82, 2.24) is 5.32 Å². The Morgan fingerprint density at radius 1 is 1.19 bits per heavy atom. The Morgan fingerprint density at radius 3 is 2.56 bits per heavy atom. The third-order valence-electron chi connectivity index (χ3n) is 4.79. The smallest absolute Gasteiger partial charge is 0.223 e. The summed E-state index contributed by atoms with van der Waals surface area (Å²) in [5, 5.41) is 3.10. The molecule has 27 heavy (non-hydrogen) atoms. The van der Waals surface area contributed by atoms with E-state index >= 15 is 0 Å². The SMILES string of the molecule is CCCOc1ccc(-c2ccc(CC(C)NC(=O)C3CC3)cc2)c(OC)c1. The first kappa shape index (κ1) is 19.3. The lowest BCUT2D eigenvalue weighted by Gasteiger charge is -2.15. The van der Waals surface area contributed by atoms with Crippen LogP contribution in [0.3, 0.4) is 0 Å². The molecule has 1 atom stereocenters. The number of ether oxygens (including phenoxy) is 2. The molecule has 3 rings (SSSR count). The highest BCUT2D eigenvalue weighted by Gasteiger charge is 2.30. The second kappa shape index (κ2) is 8.94. The van der Waals surface area contributed by atoms with E-state index in [-0.39, 0.29) is 17.9 Å². The Balaban J connectivity index is 1.66. The van der Waals surface area contributed by atoms with Gasteiger partial charge in [-0.15, -0.1) is 0 Å². The number of rotatable bonds is 9. The van der Waals surface area contributed by atoms with E-state index in [2.05, 4.69) is 43.4 Å². The summed E-state index contributed by atoms with van der Waals surface area (Å²) in [5.41, 5.74) is 3.36. The number of carbonyl (C=O) groups is 1. The second-order valence-electron chi connectivity index (χ2n) is 7.30. The van der Waals surface area contributed by atoms with E-state index in [1.807, 2.05) is 18.2 Å². The molecule has 1 N–H and O–H groups in total. The number of nitrogens with one attached hydrogen (secondary N) is 1. The van der Waals surface area contributed by atoms with Gasteiger partial charge in [-0.2, -0.15) is 0 Å². The van der Waals surface area contributed by atoms with Gasteiger partial charge in [-0.05, 0) is 55.9 Å². The summed E-state index contributed by atoms with van der Waals surface area (Å²) in [4.78, 5) is 11.9. The maximum Gasteiger partial charge on any atom is 0.223 e. The van der Waals surface area contributed by atoms with E-state index in [9.17, 15) is 4.79 Å². The minimum Gasteiger partial charge on any atom is -0.496 e. The summed E-state index contributed by atoms with van der Waals surface area (Å²) < 4.78 is 11.2. The van der Waals surface area contributed by atoms with Crippen molar-refractivity contribution in [3.8, 4) is 22.6 Å². The second-order valence-corrected chi connectivity index (χ2v) is 7.30. The lowest BCUT2D eigenvalue weighted by atomic mass is 10.00. The molecule has 2 aromatic rings. The van der Waals surface area contributed by atoms with Crippen LogP contribution in [0.4, 0.5) is 0 Å². The highest BCUT2D eigenvalue weighted by Crippen LogP contribution is 2.33. The molecule has 0 aromatic heterocycles. The van der Waals surface area contributed by atoms with Crippen molar-refractivity contribution in [1.29, 1.82) is 0 Å². The van der Waals surface area contributed by atoms with E-state index in [4.69, 9.17) is 9.47 Å². The van der Waals surface area contributed by atoms with Gasteiger partial charge in [-0.25, -0.2) is 0 Å². The third kappa shape index (κ3) is 5.25. The highest BCUT2D eigenvalue weighted by molar-refractivity contribution is 5.81. The molecule has 0 spiro atoms. The van der Waals surface area contributed by atoms with Crippen LogP contribution in [-0.2, 0) is 11.2 Å². The van der Waals surface area contributed by atoms with Gasteiger partial charge in [-0.1, -0.05) is 31.2 Å². The molecule has 0 heterocycles. The molecule has 1 unspecified atom stereocenters. The van der Waals surface area contributed by atoms with Crippen molar-refractivity contribution in [2.24, 2.45) is 5.92 Å². The fraction of sp³-hybridized carbons (Fsp3) is 0.435. The number of methoxy groups -OCH3 is 1. The van der Waals surface area contributed by atoms with Crippen molar-refractivity contribution in [2.75, 3.05) is 13.7 Å². The van der Waals surface area contributed by atoms with Crippen LogP contribution in [0.15, 0.2) is 42.5 Å². The van der Waals surface area contributed by atoms with Crippen molar-refractivity contribution in [3.05, 3.63) is 48.0 Å². The third-order valence-corrected chi connectivity index (χ3v) is 4.79. The molecule has 2 aromatic carbocycles. The lowest BCUT2D eigenvalue weighted by Crippen LogP contribution is -2.35. The number of hydrogen-bond acceptors (Lipinski definition) is 3. The standard InChI is InChI=1S/C23H29NO3/c1-4-13-27-20-11-12-21(22(15-20)26-3)18-7-5-17(6-8-18)14-16(2)24-23(25)19-9-10-19/h5-8,11-12,15-16,19H,4,9-10,13-14H2,1-3H3,(H,24,25). The van der Waals surface area contributed by atoms with Crippen molar-refractivity contribution < 1.29 is 14.3 Å². The Bertz CT molecular complexity index is 766. The molecule has 1 saturated carbocycles. The quantitative estimate of drug-likeness (QED) is 0.704. The summed E-state index contributed by atoms with van der Waals surface area (Å²) in [6.07, 6.45) is 3.89. The average molecular weight is 367 g/mol. The fourth-order valence-electron chi connectivity index (χ4n) is 3.15. The Morgan fingerprint density at radius 2 is 1.93 bits per heavy atom. The van der Waals surface area contributed by atoms with E-state index in [1.165, 1.54) is 5.56 Å². The zero-order chi connectivity index (χ0) is 19.2. The van der Waals surface area contributed by atoms with Crippen LogP contribution >= 0.6 is 0 Å². The first-order chi connectivity index (χ1) is 13.1. The topological polar surface area (TPSA) is 47.6 Å². The van der Waals surface area contributed by atoms with Crippen LogP contribution in [0.1, 0.15) is 38.7 Å². The van der Waals surface area contributed by atoms with Crippen molar-refractivity contribution in [2.45, 2.75) is 45.6 Å². The molecule has 1 aliphatic rings. The molecule has 0 radical (unpaired) electrons. The first-order valence-electron chi connectivity index (χ1n) is 9.81. The van der Waals surface area contributed by atoms with Gasteiger partial charge in [0, 0.05) is 23.6 Å². The molecule has 144 valence electrons. The van der Waals surface area contributed by atoms with Gasteiger partial charge in [0.25, 0.3) is 0 Å². The fourth-order valence-corrected chi connectivity index (χ4v) is 3.15. The molecule has 4 heteroatoms. The minimum absolute atomic E-state index is 0.147. The normalized spacial score (nSPS) is 14.5. The van der Waals surface area contributed by atoms with Crippen molar-refractivity contribution in [3.63, 3.8) is 0 Å². The minimum atomic E-state index is 0.147. The van der Waals surface area contributed by atoms with E-state index in [1.54, 1.807) is 7.11 Å². The molecule has 0 saturated heterocycles. The summed E-state index contributed by atoms with van der Waals surface area (Å²) in [6, 6.07) is 14.6.